The molecule has 6 heteroatoms. The first kappa shape index (κ1) is 17.0. The summed E-state index contributed by atoms with van der Waals surface area (Å²) in [6.07, 6.45) is 3.41. The van der Waals surface area contributed by atoms with Gasteiger partial charge in [-0.15, -0.1) is 0 Å². The summed E-state index contributed by atoms with van der Waals surface area (Å²) in [5, 5.41) is 11.2. The number of phenols is 1. The third-order valence-corrected chi connectivity index (χ3v) is 4.76. The van der Waals surface area contributed by atoms with Crippen molar-refractivity contribution in [2.24, 2.45) is 0 Å². The molecule has 1 aliphatic rings. The second-order valence-electron chi connectivity index (χ2n) is 5.54. The lowest BCUT2D eigenvalue weighted by atomic mass is 10.0. The maximum absolute atomic E-state index is 12.2. The number of phenolic OH excluding ortho intramolecular Hbond substituents is 1. The zero-order valence-electron chi connectivity index (χ0n) is 13.1. The number of allylic oxidation sites excluding steroid dienone is 1. The fraction of sp³-hybridized carbons (Fsp3) is 0.105. The summed E-state index contributed by atoms with van der Waals surface area (Å²) in [6, 6.07) is 13.7. The Balaban J connectivity index is 1.66. The number of amides is 2. The van der Waals surface area contributed by atoms with Crippen molar-refractivity contribution in [1.29, 1.82) is 0 Å². The van der Waals surface area contributed by atoms with Crippen LogP contribution in [0, 0.1) is 0 Å². The molecule has 0 radical (unpaired) electrons. The monoisotopic (exact) mass is 353 g/mol. The maximum atomic E-state index is 12.2. The molecule has 2 amide bonds. The highest BCUT2D eigenvalue weighted by Crippen LogP contribution is 2.23. The van der Waals surface area contributed by atoms with Crippen molar-refractivity contribution in [2.75, 3.05) is 0 Å². The van der Waals surface area contributed by atoms with Crippen LogP contribution < -0.4 is 5.32 Å². The number of ketones is 1. The van der Waals surface area contributed by atoms with Gasteiger partial charge in [-0.3, -0.25) is 19.7 Å². The van der Waals surface area contributed by atoms with Crippen LogP contribution >= 0.6 is 11.8 Å². The van der Waals surface area contributed by atoms with Crippen LogP contribution in [0.4, 0.5) is 4.79 Å². The molecule has 0 spiro atoms. The molecule has 2 N–H and O–H groups in total. The lowest BCUT2D eigenvalue weighted by Crippen LogP contribution is -2.25. The molecule has 0 aliphatic carbocycles. The molecule has 5 nitrogen and oxygen atoms in total. The molecule has 1 heterocycles. The van der Waals surface area contributed by atoms with Crippen molar-refractivity contribution in [3.05, 3.63) is 71.3 Å². The summed E-state index contributed by atoms with van der Waals surface area (Å²) in [5.41, 5.74) is 1.96. The normalized spacial score (nSPS) is 17.0. The molecule has 2 aromatic carbocycles. The number of rotatable bonds is 5. The molecule has 0 saturated carbocycles. The average molecular weight is 353 g/mol. The third kappa shape index (κ3) is 4.16. The first-order valence-electron chi connectivity index (χ1n) is 7.64. The van der Waals surface area contributed by atoms with Crippen LogP contribution in [0.1, 0.15) is 21.5 Å². The Morgan fingerprint density at radius 1 is 1.12 bits per heavy atom. The predicted molar refractivity (Wildman–Crippen MR) is 96.5 cm³/mol. The fourth-order valence-corrected chi connectivity index (χ4v) is 3.30. The van der Waals surface area contributed by atoms with Crippen molar-refractivity contribution >= 4 is 34.8 Å². The van der Waals surface area contributed by atoms with E-state index >= 15 is 0 Å². The summed E-state index contributed by atoms with van der Waals surface area (Å²) in [4.78, 5) is 34.9. The second kappa shape index (κ2) is 7.36. The maximum Gasteiger partial charge on any atom is 0.286 e. The van der Waals surface area contributed by atoms with Gasteiger partial charge in [-0.05, 0) is 30.2 Å². The van der Waals surface area contributed by atoms with Gasteiger partial charge in [0.15, 0.2) is 5.78 Å². The Hall–Kier alpha value is -2.86. The van der Waals surface area contributed by atoms with Crippen molar-refractivity contribution in [3.63, 3.8) is 0 Å². The Labute approximate surface area is 148 Å². The van der Waals surface area contributed by atoms with E-state index in [2.05, 4.69) is 5.32 Å². The van der Waals surface area contributed by atoms with Crippen LogP contribution in [-0.2, 0) is 11.2 Å². The number of benzene rings is 2. The van der Waals surface area contributed by atoms with Crippen molar-refractivity contribution in [1.82, 2.24) is 5.32 Å². The highest BCUT2D eigenvalue weighted by Gasteiger charge is 2.31. The zero-order valence-corrected chi connectivity index (χ0v) is 14.0. The van der Waals surface area contributed by atoms with E-state index < -0.39 is 5.25 Å². The molecule has 2 aromatic rings. The molecule has 1 saturated heterocycles. The first-order valence-corrected chi connectivity index (χ1v) is 8.52. The quantitative estimate of drug-likeness (QED) is 0.637. The lowest BCUT2D eigenvalue weighted by molar-refractivity contribution is -0.118. The second-order valence-corrected chi connectivity index (χ2v) is 6.72. The summed E-state index contributed by atoms with van der Waals surface area (Å²) < 4.78 is 0. The summed E-state index contributed by atoms with van der Waals surface area (Å²) in [5.74, 6) is -0.345. The number of thioether (sulfide) groups is 1. The van der Waals surface area contributed by atoms with Gasteiger partial charge in [-0.25, -0.2) is 0 Å². The highest BCUT2D eigenvalue weighted by atomic mass is 32.2. The third-order valence-electron chi connectivity index (χ3n) is 3.78. The molecular formula is C19H15NO4S. The number of hydrogen-bond donors (Lipinski definition) is 2. The van der Waals surface area contributed by atoms with Gasteiger partial charge in [0.1, 0.15) is 5.75 Å². The van der Waals surface area contributed by atoms with E-state index in [4.69, 9.17) is 0 Å². The van der Waals surface area contributed by atoms with Crippen molar-refractivity contribution in [2.45, 2.75) is 11.7 Å². The van der Waals surface area contributed by atoms with E-state index in [1.54, 1.807) is 54.6 Å². The highest BCUT2D eigenvalue weighted by molar-refractivity contribution is 8.15. The Kier molecular flexibility index (Phi) is 5.00. The van der Waals surface area contributed by atoms with E-state index in [9.17, 15) is 19.5 Å². The molecule has 126 valence electrons. The molecule has 3 rings (SSSR count). The number of aromatic hydroxyl groups is 1. The molecule has 1 fully saturated rings. The van der Waals surface area contributed by atoms with Crippen LogP contribution in [0.15, 0.2) is 54.6 Å². The number of para-hydroxylation sites is 1. The van der Waals surface area contributed by atoms with Crippen LogP contribution in [0.2, 0.25) is 0 Å². The summed E-state index contributed by atoms with van der Waals surface area (Å²) in [6.45, 7) is 0. The number of nitrogens with one attached hydrogen (secondary N) is 1. The van der Waals surface area contributed by atoms with Gasteiger partial charge in [0, 0.05) is 11.1 Å². The lowest BCUT2D eigenvalue weighted by Gasteiger charge is -2.05. The predicted octanol–water partition coefficient (Wildman–Crippen LogP) is 3.18. The van der Waals surface area contributed by atoms with Gasteiger partial charge in [0.25, 0.3) is 5.24 Å². The molecule has 0 aromatic heterocycles. The van der Waals surface area contributed by atoms with Gasteiger partial charge in [-0.2, -0.15) is 0 Å². The number of hydrogen-bond acceptors (Lipinski definition) is 5. The molecule has 1 atom stereocenters. The molecule has 25 heavy (non-hydrogen) atoms. The first-order chi connectivity index (χ1) is 12.0. The van der Waals surface area contributed by atoms with E-state index in [1.165, 1.54) is 6.08 Å². The number of imide groups is 1. The van der Waals surface area contributed by atoms with E-state index in [1.807, 2.05) is 0 Å². The summed E-state index contributed by atoms with van der Waals surface area (Å²) >= 11 is 0.985. The SMILES string of the molecule is O=C1NC(=O)C(Cc2ccc(C(=O)C=Cc3ccccc3O)cc2)S1. The Bertz CT molecular complexity index is 858. The Morgan fingerprint density at radius 2 is 1.84 bits per heavy atom. The minimum Gasteiger partial charge on any atom is -0.507 e. The van der Waals surface area contributed by atoms with Gasteiger partial charge in [0.05, 0.1) is 5.25 Å². The van der Waals surface area contributed by atoms with E-state index in [0.29, 0.717) is 17.5 Å². The van der Waals surface area contributed by atoms with Crippen LogP contribution in [0.25, 0.3) is 6.08 Å². The number of carbonyl (C=O) groups is 3. The molecule has 1 unspecified atom stereocenters. The zero-order chi connectivity index (χ0) is 17.8. The van der Waals surface area contributed by atoms with Crippen LogP contribution in [-0.4, -0.2) is 27.3 Å². The summed E-state index contributed by atoms with van der Waals surface area (Å²) in [7, 11) is 0. The van der Waals surface area contributed by atoms with Crippen LogP contribution in [0.3, 0.4) is 0 Å². The largest absolute Gasteiger partial charge is 0.507 e. The minimum atomic E-state index is -0.421. The van der Waals surface area contributed by atoms with Gasteiger partial charge in [-0.1, -0.05) is 54.2 Å². The van der Waals surface area contributed by atoms with Crippen molar-refractivity contribution in [3.8, 4) is 5.75 Å². The average Bonchev–Trinajstić information content (AvgIpc) is 2.92. The van der Waals surface area contributed by atoms with E-state index in [0.717, 1.165) is 17.3 Å². The van der Waals surface area contributed by atoms with Gasteiger partial charge in [0.2, 0.25) is 5.91 Å². The molecular weight excluding hydrogens is 338 g/mol. The molecule has 1 aliphatic heterocycles. The van der Waals surface area contributed by atoms with Crippen molar-refractivity contribution < 1.29 is 19.5 Å². The van der Waals surface area contributed by atoms with Gasteiger partial charge >= 0.3 is 0 Å². The van der Waals surface area contributed by atoms with Crippen LogP contribution in [0.5, 0.6) is 5.75 Å². The number of carbonyl (C=O) groups excluding carboxylic acids is 3. The standard InChI is InChI=1S/C19H15NO4S/c21-15-4-2-1-3-13(15)9-10-16(22)14-7-5-12(6-8-14)11-17-18(23)20-19(24)25-17/h1-10,17,21H,11H2,(H,20,23,24). The fourth-order valence-electron chi connectivity index (χ4n) is 2.44. The topological polar surface area (TPSA) is 83.5 Å². The minimum absolute atomic E-state index is 0.115. The van der Waals surface area contributed by atoms with Gasteiger partial charge < -0.3 is 5.11 Å². The van der Waals surface area contributed by atoms with E-state index in [-0.39, 0.29) is 22.7 Å². The Morgan fingerprint density at radius 3 is 2.48 bits per heavy atom. The molecule has 0 bridgehead atoms. The smallest absolute Gasteiger partial charge is 0.286 e.